The van der Waals surface area contributed by atoms with Gasteiger partial charge in [0.05, 0.1) is 12.2 Å². The van der Waals surface area contributed by atoms with Gasteiger partial charge in [0.2, 0.25) is 17.7 Å². The summed E-state index contributed by atoms with van der Waals surface area (Å²) in [4.78, 5) is 56.2. The second-order valence-corrected chi connectivity index (χ2v) is 9.83. The normalized spacial score (nSPS) is 23.6. The van der Waals surface area contributed by atoms with Gasteiger partial charge < -0.3 is 30.5 Å². The SMILES string of the molecule is CC(C)C1NC(=O)CC[C@@H](C(=O)N2CCCN(C)CC2)NC(=O)c2ccccc2OCCCNC1=O. The smallest absolute Gasteiger partial charge is 0.255 e. The maximum absolute atomic E-state index is 13.5. The fourth-order valence-electron chi connectivity index (χ4n) is 4.39. The third-order valence-corrected chi connectivity index (χ3v) is 6.57. The Morgan fingerprint density at radius 1 is 1.03 bits per heavy atom. The zero-order valence-corrected chi connectivity index (χ0v) is 21.5. The second kappa shape index (κ2) is 13.2. The van der Waals surface area contributed by atoms with Crippen molar-refractivity contribution >= 4 is 23.6 Å². The third-order valence-electron chi connectivity index (χ3n) is 6.57. The molecule has 1 saturated heterocycles. The fraction of sp³-hybridized carbons (Fsp3) is 0.615. The summed E-state index contributed by atoms with van der Waals surface area (Å²) in [6.45, 7) is 7.21. The minimum Gasteiger partial charge on any atom is -0.493 e. The number of ether oxygens (including phenoxy) is 1. The van der Waals surface area contributed by atoms with E-state index in [2.05, 4.69) is 20.9 Å². The minimum absolute atomic E-state index is 0.000916. The monoisotopic (exact) mass is 501 g/mol. The number of nitrogens with zero attached hydrogens (tertiary/aromatic N) is 2. The Kier molecular flexibility index (Phi) is 10.1. The van der Waals surface area contributed by atoms with Gasteiger partial charge in [-0.25, -0.2) is 0 Å². The van der Waals surface area contributed by atoms with Crippen LogP contribution in [0.3, 0.4) is 0 Å². The number of hydrogen-bond acceptors (Lipinski definition) is 6. The van der Waals surface area contributed by atoms with Crippen LogP contribution in [0.2, 0.25) is 0 Å². The van der Waals surface area contributed by atoms with Gasteiger partial charge in [0.25, 0.3) is 5.91 Å². The molecule has 0 bridgehead atoms. The highest BCUT2D eigenvalue weighted by Gasteiger charge is 2.30. The average Bonchev–Trinajstić information content (AvgIpc) is 3.08. The van der Waals surface area contributed by atoms with Crippen molar-refractivity contribution in [1.82, 2.24) is 25.8 Å². The molecule has 10 nitrogen and oxygen atoms in total. The number of hydrogen-bond donors (Lipinski definition) is 3. The Balaban J connectivity index is 1.84. The first-order chi connectivity index (χ1) is 17.3. The lowest BCUT2D eigenvalue weighted by molar-refractivity contribution is -0.134. The van der Waals surface area contributed by atoms with Crippen LogP contribution in [0.4, 0.5) is 0 Å². The largest absolute Gasteiger partial charge is 0.493 e. The molecule has 0 aromatic heterocycles. The highest BCUT2D eigenvalue weighted by molar-refractivity contribution is 5.99. The number of carbonyl (C=O) groups excluding carboxylic acids is 4. The molecule has 36 heavy (non-hydrogen) atoms. The lowest BCUT2D eigenvalue weighted by atomic mass is 10.0. The summed E-state index contributed by atoms with van der Waals surface area (Å²) in [5.74, 6) is -0.903. The Morgan fingerprint density at radius 2 is 1.81 bits per heavy atom. The van der Waals surface area contributed by atoms with Crippen LogP contribution in [0.25, 0.3) is 0 Å². The summed E-state index contributed by atoms with van der Waals surface area (Å²) in [6.07, 6.45) is 1.49. The van der Waals surface area contributed by atoms with Crippen molar-refractivity contribution in [2.75, 3.05) is 46.4 Å². The Hall–Kier alpha value is -3.14. The second-order valence-electron chi connectivity index (χ2n) is 9.83. The lowest BCUT2D eigenvalue weighted by Gasteiger charge is -2.27. The number of likely N-dealkylation sites (N-methyl/N-ethyl adjacent to an activating group) is 1. The van der Waals surface area contributed by atoms with Crippen LogP contribution >= 0.6 is 0 Å². The van der Waals surface area contributed by atoms with E-state index in [0.717, 1.165) is 19.5 Å². The first-order valence-electron chi connectivity index (χ1n) is 12.8. The molecule has 2 aliphatic heterocycles. The van der Waals surface area contributed by atoms with Crippen LogP contribution in [-0.2, 0) is 14.4 Å². The molecule has 1 unspecified atom stereocenters. The molecular formula is C26H39N5O5. The fourth-order valence-corrected chi connectivity index (χ4v) is 4.39. The minimum atomic E-state index is -0.876. The number of carbonyl (C=O) groups is 4. The number of benzene rings is 1. The van der Waals surface area contributed by atoms with Gasteiger partial charge in [0.15, 0.2) is 0 Å². The molecule has 1 aromatic carbocycles. The summed E-state index contributed by atoms with van der Waals surface area (Å²) >= 11 is 0. The predicted molar refractivity (Wildman–Crippen MR) is 136 cm³/mol. The van der Waals surface area contributed by atoms with Crippen LogP contribution in [0.5, 0.6) is 5.75 Å². The van der Waals surface area contributed by atoms with Gasteiger partial charge in [-0.3, -0.25) is 19.2 Å². The van der Waals surface area contributed by atoms with Crippen LogP contribution in [0.15, 0.2) is 24.3 Å². The number of para-hydroxylation sites is 1. The molecule has 0 aliphatic carbocycles. The van der Waals surface area contributed by atoms with Crippen molar-refractivity contribution < 1.29 is 23.9 Å². The molecule has 0 saturated carbocycles. The van der Waals surface area contributed by atoms with Gasteiger partial charge >= 0.3 is 0 Å². The molecule has 0 radical (unpaired) electrons. The van der Waals surface area contributed by atoms with Gasteiger partial charge in [0, 0.05) is 32.6 Å². The van der Waals surface area contributed by atoms with E-state index in [0.29, 0.717) is 44.0 Å². The highest BCUT2D eigenvalue weighted by atomic mass is 16.5. The molecule has 3 rings (SSSR count). The van der Waals surface area contributed by atoms with E-state index >= 15 is 0 Å². The molecule has 198 valence electrons. The maximum atomic E-state index is 13.5. The van der Waals surface area contributed by atoms with Crippen molar-refractivity contribution in [3.05, 3.63) is 29.8 Å². The molecule has 3 N–H and O–H groups in total. The summed E-state index contributed by atoms with van der Waals surface area (Å²) in [5.41, 5.74) is 0.325. The summed E-state index contributed by atoms with van der Waals surface area (Å²) in [7, 11) is 2.02. The topological polar surface area (TPSA) is 120 Å². The van der Waals surface area contributed by atoms with Crippen LogP contribution in [-0.4, -0.2) is 91.9 Å². The number of amides is 4. The zero-order valence-electron chi connectivity index (χ0n) is 21.5. The van der Waals surface area contributed by atoms with Gasteiger partial charge in [0.1, 0.15) is 17.8 Å². The van der Waals surface area contributed by atoms with E-state index in [-0.39, 0.29) is 36.5 Å². The van der Waals surface area contributed by atoms with Crippen LogP contribution in [0.1, 0.15) is 49.9 Å². The van der Waals surface area contributed by atoms with Crippen LogP contribution < -0.4 is 20.7 Å². The van der Waals surface area contributed by atoms with E-state index in [1.165, 1.54) is 0 Å². The Labute approximate surface area is 213 Å². The predicted octanol–water partition coefficient (Wildman–Crippen LogP) is 0.769. The quantitative estimate of drug-likeness (QED) is 0.551. The molecule has 10 heteroatoms. The number of nitrogens with one attached hydrogen (secondary N) is 3. The van der Waals surface area contributed by atoms with Gasteiger partial charge in [-0.15, -0.1) is 0 Å². The van der Waals surface area contributed by atoms with E-state index in [9.17, 15) is 19.2 Å². The summed E-state index contributed by atoms with van der Waals surface area (Å²) < 4.78 is 5.84. The zero-order chi connectivity index (χ0) is 26.1. The summed E-state index contributed by atoms with van der Waals surface area (Å²) in [5, 5.41) is 8.52. The molecule has 4 amide bonds. The number of fused-ring (bicyclic) bond motifs is 1. The van der Waals surface area contributed by atoms with Crippen molar-refractivity contribution in [3.8, 4) is 5.75 Å². The van der Waals surface area contributed by atoms with Gasteiger partial charge in [-0.1, -0.05) is 26.0 Å². The molecule has 1 aromatic rings. The van der Waals surface area contributed by atoms with E-state index in [1.54, 1.807) is 29.2 Å². The molecule has 2 heterocycles. The van der Waals surface area contributed by atoms with Crippen molar-refractivity contribution in [2.45, 2.75) is 51.6 Å². The van der Waals surface area contributed by atoms with E-state index in [4.69, 9.17) is 4.74 Å². The van der Waals surface area contributed by atoms with E-state index in [1.807, 2.05) is 20.9 Å². The van der Waals surface area contributed by atoms with Gasteiger partial charge in [-0.05, 0) is 50.9 Å². The first-order valence-corrected chi connectivity index (χ1v) is 12.8. The highest BCUT2D eigenvalue weighted by Crippen LogP contribution is 2.19. The van der Waals surface area contributed by atoms with Crippen molar-refractivity contribution in [2.24, 2.45) is 5.92 Å². The van der Waals surface area contributed by atoms with Crippen LogP contribution in [0, 0.1) is 5.92 Å². The van der Waals surface area contributed by atoms with E-state index < -0.39 is 18.0 Å². The number of rotatable bonds is 2. The van der Waals surface area contributed by atoms with Crippen molar-refractivity contribution in [1.29, 1.82) is 0 Å². The third kappa shape index (κ3) is 7.68. The molecule has 2 aliphatic rings. The lowest BCUT2D eigenvalue weighted by Crippen LogP contribution is -2.52. The first kappa shape index (κ1) is 27.4. The molecule has 0 spiro atoms. The Morgan fingerprint density at radius 3 is 2.58 bits per heavy atom. The Bertz CT molecular complexity index is 937. The molecule has 2 atom stereocenters. The molecular weight excluding hydrogens is 462 g/mol. The van der Waals surface area contributed by atoms with Crippen molar-refractivity contribution in [3.63, 3.8) is 0 Å². The maximum Gasteiger partial charge on any atom is 0.255 e. The average molecular weight is 502 g/mol. The standard InChI is InChI=1S/C26H39N5O5/c1-18(2)23-25(34)27-12-6-17-36-21-9-5-4-8-19(21)24(33)28-20(10-11-22(32)29-23)26(35)31-14-7-13-30(3)15-16-31/h4-5,8-9,18,20,23H,6-7,10-17H2,1-3H3,(H,27,34)(H,28,33)(H,29,32)/t20-,23?/m0/s1. The summed E-state index contributed by atoms with van der Waals surface area (Å²) in [6, 6.07) is 5.32. The molecule has 1 fully saturated rings. The van der Waals surface area contributed by atoms with Gasteiger partial charge in [-0.2, -0.15) is 0 Å².